The van der Waals surface area contributed by atoms with E-state index in [-0.39, 0.29) is 18.4 Å². The number of nitrogens with two attached hydrogens (primary N) is 1. The molecule has 18 heavy (non-hydrogen) atoms. The molecule has 10 heteroatoms. The highest BCUT2D eigenvalue weighted by Crippen LogP contribution is 2.53. The van der Waals surface area contributed by atoms with Gasteiger partial charge in [0, 0.05) is 6.54 Å². The predicted octanol–water partition coefficient (Wildman–Crippen LogP) is -1.67. The van der Waals surface area contributed by atoms with Gasteiger partial charge in [-0.3, -0.25) is 9.35 Å². The van der Waals surface area contributed by atoms with Crippen LogP contribution >= 0.6 is 0 Å². The number of hydrogen-bond donors (Lipinski definition) is 2. The average Bonchev–Trinajstić information content (AvgIpc) is 2.95. The second kappa shape index (κ2) is 3.33. The minimum atomic E-state index is -4.76. The maximum absolute atomic E-state index is 11.9. The number of rotatable bonds is 3. The van der Waals surface area contributed by atoms with E-state index < -0.39 is 34.4 Å². The quantitative estimate of drug-likeness (QED) is 0.593. The molecule has 1 saturated carbocycles. The zero-order valence-electron chi connectivity index (χ0n) is 9.09. The molecule has 3 rings (SSSR count). The van der Waals surface area contributed by atoms with Crippen molar-refractivity contribution < 1.29 is 26.8 Å². The maximum Gasteiger partial charge on any atom is 0.418 e. The minimum Gasteiger partial charge on any atom is -0.368 e. The topological polar surface area (TPSA) is 130 Å². The lowest BCUT2D eigenvalue weighted by atomic mass is 10.0. The van der Waals surface area contributed by atoms with Gasteiger partial charge in [0.1, 0.15) is 6.04 Å². The molecule has 0 aromatic carbocycles. The molecule has 0 spiro atoms. The monoisotopic (exact) mass is 277 g/mol. The third-order valence-electron chi connectivity index (χ3n) is 3.71. The van der Waals surface area contributed by atoms with Gasteiger partial charge in [0.15, 0.2) is 0 Å². The van der Waals surface area contributed by atoms with Gasteiger partial charge in [0.25, 0.3) is 0 Å². The van der Waals surface area contributed by atoms with Crippen molar-refractivity contribution in [2.75, 3.05) is 6.54 Å². The molecule has 2 heterocycles. The summed E-state index contributed by atoms with van der Waals surface area (Å²) in [6.45, 7) is 0.184. The van der Waals surface area contributed by atoms with Gasteiger partial charge in [0.05, 0.1) is 6.04 Å². The van der Waals surface area contributed by atoms with Crippen molar-refractivity contribution >= 4 is 22.3 Å². The van der Waals surface area contributed by atoms with E-state index in [1.165, 1.54) is 4.90 Å². The van der Waals surface area contributed by atoms with E-state index in [4.69, 9.17) is 10.3 Å². The molecule has 100 valence electrons. The first-order valence-electron chi connectivity index (χ1n) is 5.36. The number of carbonyl (C=O) groups excluding carboxylic acids is 2. The molecule has 3 aliphatic rings. The summed E-state index contributed by atoms with van der Waals surface area (Å²) < 4.78 is 34.3. The van der Waals surface area contributed by atoms with Crippen molar-refractivity contribution in [1.82, 2.24) is 9.96 Å². The van der Waals surface area contributed by atoms with Crippen LogP contribution in [0.15, 0.2) is 0 Å². The summed E-state index contributed by atoms with van der Waals surface area (Å²) >= 11 is 0. The average molecular weight is 277 g/mol. The number of carbonyl (C=O) groups is 2. The second-order valence-electron chi connectivity index (χ2n) is 4.74. The van der Waals surface area contributed by atoms with Gasteiger partial charge in [-0.15, -0.1) is 4.28 Å². The molecule has 3 N–H and O–H groups in total. The Morgan fingerprint density at radius 3 is 2.67 bits per heavy atom. The first-order valence-corrected chi connectivity index (χ1v) is 6.72. The molecule has 0 unspecified atom stereocenters. The summed E-state index contributed by atoms with van der Waals surface area (Å²) in [5.74, 6) is -0.657. The van der Waals surface area contributed by atoms with Crippen LogP contribution < -0.4 is 5.73 Å². The Hall–Kier alpha value is -1.39. The molecule has 4 atom stereocenters. The highest BCUT2D eigenvalue weighted by atomic mass is 32.3. The van der Waals surface area contributed by atoms with Crippen molar-refractivity contribution in [2.24, 2.45) is 17.6 Å². The standard InChI is InChI=1S/C8H11N3O6S/c9-7(12)6-4-1-3(4)5-2-10(6)8(13)11(5)17-18(14,15)16/h3-6H,1-2H2,(H2,9,12)(H,14,15,16)/t3-,4+,5-,6-/m0/s1. The van der Waals surface area contributed by atoms with Gasteiger partial charge in [-0.25, -0.2) is 4.79 Å². The zero-order valence-corrected chi connectivity index (χ0v) is 9.91. The third kappa shape index (κ3) is 1.56. The molecule has 2 aliphatic heterocycles. The lowest BCUT2D eigenvalue weighted by molar-refractivity contribution is -0.123. The molecular weight excluding hydrogens is 266 g/mol. The molecule has 3 amide bonds. The molecule has 2 bridgehead atoms. The van der Waals surface area contributed by atoms with Gasteiger partial charge in [-0.05, 0) is 18.3 Å². The van der Waals surface area contributed by atoms with Crippen LogP contribution in [0.2, 0.25) is 0 Å². The van der Waals surface area contributed by atoms with Crippen LogP contribution in [0.3, 0.4) is 0 Å². The number of piperidine rings is 1. The fourth-order valence-electron chi connectivity index (χ4n) is 2.99. The fourth-order valence-corrected chi connectivity index (χ4v) is 3.37. The molecule has 1 aliphatic carbocycles. The van der Waals surface area contributed by atoms with Crippen LogP contribution in [0.4, 0.5) is 4.79 Å². The molecule has 3 fully saturated rings. The summed E-state index contributed by atoms with van der Waals surface area (Å²) in [6, 6.07) is -1.93. The zero-order chi connectivity index (χ0) is 13.2. The fraction of sp³-hybridized carbons (Fsp3) is 0.750. The number of amides is 3. The summed E-state index contributed by atoms with van der Waals surface area (Å²) in [7, 11) is -4.76. The van der Waals surface area contributed by atoms with Crippen molar-refractivity contribution in [3.05, 3.63) is 0 Å². The number of hydroxylamine groups is 2. The van der Waals surface area contributed by atoms with Crippen LogP contribution in [0.5, 0.6) is 0 Å². The number of nitrogens with zero attached hydrogens (tertiary/aromatic N) is 2. The molecule has 2 saturated heterocycles. The van der Waals surface area contributed by atoms with E-state index in [0.29, 0.717) is 11.5 Å². The lowest BCUT2D eigenvalue weighted by Gasteiger charge is -2.27. The molecular formula is C8H11N3O6S. The van der Waals surface area contributed by atoms with E-state index in [1.54, 1.807) is 0 Å². The van der Waals surface area contributed by atoms with Gasteiger partial charge in [-0.1, -0.05) is 0 Å². The first-order chi connectivity index (χ1) is 8.29. The number of urea groups is 1. The van der Waals surface area contributed by atoms with E-state index in [1.807, 2.05) is 0 Å². The van der Waals surface area contributed by atoms with Crippen molar-refractivity contribution in [2.45, 2.75) is 18.5 Å². The predicted molar refractivity (Wildman–Crippen MR) is 54.9 cm³/mol. The minimum absolute atomic E-state index is 0.00745. The summed E-state index contributed by atoms with van der Waals surface area (Å²) in [5, 5.41) is 0.628. The van der Waals surface area contributed by atoms with E-state index in [9.17, 15) is 18.0 Å². The summed E-state index contributed by atoms with van der Waals surface area (Å²) in [5.41, 5.74) is 5.24. The Kier molecular flexibility index (Phi) is 2.17. The van der Waals surface area contributed by atoms with E-state index in [2.05, 4.69) is 4.28 Å². The number of fused-ring (bicyclic) bond motifs is 4. The molecule has 0 aromatic rings. The molecule has 0 radical (unpaired) electrons. The Labute approximate surface area is 102 Å². The van der Waals surface area contributed by atoms with Crippen LogP contribution in [0.1, 0.15) is 6.42 Å². The number of primary amides is 1. The van der Waals surface area contributed by atoms with Crippen LogP contribution in [0, 0.1) is 11.8 Å². The highest BCUT2D eigenvalue weighted by molar-refractivity contribution is 7.80. The van der Waals surface area contributed by atoms with Crippen LogP contribution in [-0.2, 0) is 19.5 Å². The second-order valence-corrected chi connectivity index (χ2v) is 5.75. The maximum atomic E-state index is 11.9. The van der Waals surface area contributed by atoms with Crippen molar-refractivity contribution in [3.63, 3.8) is 0 Å². The van der Waals surface area contributed by atoms with Gasteiger partial charge >= 0.3 is 16.4 Å². The Balaban J connectivity index is 1.90. The van der Waals surface area contributed by atoms with Crippen molar-refractivity contribution in [3.8, 4) is 0 Å². The van der Waals surface area contributed by atoms with Crippen LogP contribution in [0.25, 0.3) is 0 Å². The normalized spacial score (nSPS) is 37.7. The van der Waals surface area contributed by atoms with E-state index in [0.717, 1.165) is 0 Å². The Bertz CT molecular complexity index is 533. The lowest BCUT2D eigenvalue weighted by Crippen LogP contribution is -2.49. The first kappa shape index (κ1) is 11.7. The van der Waals surface area contributed by atoms with Gasteiger partial charge < -0.3 is 10.6 Å². The summed E-state index contributed by atoms with van der Waals surface area (Å²) in [4.78, 5) is 24.4. The molecule has 9 nitrogen and oxygen atoms in total. The van der Waals surface area contributed by atoms with Crippen molar-refractivity contribution in [1.29, 1.82) is 0 Å². The largest absolute Gasteiger partial charge is 0.418 e. The smallest absolute Gasteiger partial charge is 0.368 e. The Morgan fingerprint density at radius 1 is 1.44 bits per heavy atom. The summed E-state index contributed by atoms with van der Waals surface area (Å²) in [6.07, 6.45) is 0.688. The number of hydrogen-bond acceptors (Lipinski definition) is 5. The van der Waals surface area contributed by atoms with Gasteiger partial charge in [-0.2, -0.15) is 13.5 Å². The SMILES string of the molecule is NC(=O)[C@@H]1[C@@H]2C[C@@H]2[C@@H]2CN1C(=O)N2OS(=O)(=O)O. The Morgan fingerprint density at radius 2 is 2.11 bits per heavy atom. The third-order valence-corrected chi connectivity index (χ3v) is 4.06. The molecule has 0 aromatic heterocycles. The van der Waals surface area contributed by atoms with Crippen LogP contribution in [-0.4, -0.2) is 53.5 Å². The van der Waals surface area contributed by atoms with Gasteiger partial charge in [0.2, 0.25) is 5.91 Å². The highest BCUT2D eigenvalue weighted by Gasteiger charge is 2.64. The van der Waals surface area contributed by atoms with E-state index >= 15 is 0 Å².